The Balaban J connectivity index is 2.60. The number of aromatic nitrogens is 1. The van der Waals surface area contributed by atoms with Gasteiger partial charge in [-0.25, -0.2) is 4.98 Å². The molecule has 2 heterocycles. The molecular formula is C11H7NO2. The van der Waals surface area contributed by atoms with Crippen LogP contribution in [0, 0.1) is 0 Å². The summed E-state index contributed by atoms with van der Waals surface area (Å²) in [4.78, 5) is 4.15. The number of rotatable bonds is 0. The summed E-state index contributed by atoms with van der Waals surface area (Å²) in [6.45, 7) is 0. The zero-order valence-electron chi connectivity index (χ0n) is 7.27. The van der Waals surface area contributed by atoms with E-state index >= 15 is 0 Å². The van der Waals surface area contributed by atoms with Gasteiger partial charge in [-0.05, 0) is 29.7 Å². The van der Waals surface area contributed by atoms with Gasteiger partial charge < -0.3 is 9.52 Å². The van der Waals surface area contributed by atoms with E-state index in [2.05, 4.69) is 4.98 Å². The van der Waals surface area contributed by atoms with Gasteiger partial charge in [-0.3, -0.25) is 0 Å². The number of aromatic hydroxyl groups is 1. The lowest BCUT2D eigenvalue weighted by molar-refractivity contribution is 0.476. The van der Waals surface area contributed by atoms with E-state index in [4.69, 9.17) is 4.42 Å². The molecule has 0 fully saturated rings. The Morgan fingerprint density at radius 3 is 3.00 bits per heavy atom. The van der Waals surface area contributed by atoms with Gasteiger partial charge in [0.1, 0.15) is 5.75 Å². The summed E-state index contributed by atoms with van der Waals surface area (Å²) in [6, 6.07) is 7.05. The molecule has 3 nitrogen and oxygen atoms in total. The highest BCUT2D eigenvalue weighted by atomic mass is 16.3. The zero-order valence-corrected chi connectivity index (χ0v) is 7.27. The van der Waals surface area contributed by atoms with Crippen molar-refractivity contribution >= 4 is 21.9 Å². The number of fused-ring (bicyclic) bond motifs is 3. The number of phenolic OH excluding ortho intramolecular Hbond substituents is 1. The van der Waals surface area contributed by atoms with Crippen LogP contribution < -0.4 is 0 Å². The highest BCUT2D eigenvalue weighted by molar-refractivity contribution is 6.04. The minimum Gasteiger partial charge on any atom is -0.508 e. The van der Waals surface area contributed by atoms with Crippen molar-refractivity contribution in [1.29, 1.82) is 0 Å². The first-order chi connectivity index (χ1) is 6.84. The lowest BCUT2D eigenvalue weighted by Crippen LogP contribution is -1.77. The Kier molecular flexibility index (Phi) is 1.31. The van der Waals surface area contributed by atoms with Crippen molar-refractivity contribution in [3.8, 4) is 5.75 Å². The fraction of sp³-hybridized carbons (Fsp3) is 0. The first-order valence-corrected chi connectivity index (χ1v) is 4.29. The molecule has 3 heteroatoms. The Morgan fingerprint density at radius 2 is 2.07 bits per heavy atom. The molecule has 0 bridgehead atoms. The predicted octanol–water partition coefficient (Wildman–Crippen LogP) is 2.69. The van der Waals surface area contributed by atoms with Crippen LogP contribution in [0.1, 0.15) is 0 Å². The van der Waals surface area contributed by atoms with Gasteiger partial charge in [-0.15, -0.1) is 0 Å². The second-order valence-electron chi connectivity index (χ2n) is 3.17. The van der Waals surface area contributed by atoms with E-state index < -0.39 is 0 Å². The number of pyridine rings is 1. The average molecular weight is 185 g/mol. The Morgan fingerprint density at radius 1 is 1.14 bits per heavy atom. The van der Waals surface area contributed by atoms with Crippen LogP contribution in [0.5, 0.6) is 5.75 Å². The third kappa shape index (κ3) is 0.893. The molecular weight excluding hydrogens is 178 g/mol. The lowest BCUT2D eigenvalue weighted by atomic mass is 10.1. The summed E-state index contributed by atoms with van der Waals surface area (Å²) in [7, 11) is 0. The second kappa shape index (κ2) is 2.48. The molecule has 3 rings (SSSR count). The Bertz CT molecular complexity index is 613. The van der Waals surface area contributed by atoms with Crippen molar-refractivity contribution in [2.45, 2.75) is 0 Å². The normalized spacial score (nSPS) is 11.1. The summed E-state index contributed by atoms with van der Waals surface area (Å²) in [5.74, 6) is 0.256. The molecule has 0 saturated carbocycles. The largest absolute Gasteiger partial charge is 0.508 e. The molecule has 0 spiro atoms. The summed E-state index contributed by atoms with van der Waals surface area (Å²) < 4.78 is 5.17. The number of hydrogen-bond acceptors (Lipinski definition) is 3. The summed E-state index contributed by atoms with van der Waals surface area (Å²) in [6.07, 6.45) is 3.34. The van der Waals surface area contributed by atoms with E-state index in [9.17, 15) is 5.11 Å². The molecule has 68 valence electrons. The minimum absolute atomic E-state index is 0.256. The Hall–Kier alpha value is -2.03. The van der Waals surface area contributed by atoms with Gasteiger partial charge in [0.25, 0.3) is 0 Å². The van der Waals surface area contributed by atoms with Gasteiger partial charge in [-0.2, -0.15) is 0 Å². The SMILES string of the molecule is Oc1ccc2cnc3occc3c2c1. The van der Waals surface area contributed by atoms with Gasteiger partial charge in [-0.1, -0.05) is 0 Å². The monoisotopic (exact) mass is 185 g/mol. The van der Waals surface area contributed by atoms with E-state index in [1.165, 1.54) is 0 Å². The standard InChI is InChI=1S/C11H7NO2/c13-8-2-1-7-6-12-11-9(3-4-14-11)10(7)5-8/h1-6,13H. The highest BCUT2D eigenvalue weighted by Crippen LogP contribution is 2.26. The second-order valence-corrected chi connectivity index (χ2v) is 3.17. The van der Waals surface area contributed by atoms with Gasteiger partial charge in [0.2, 0.25) is 5.71 Å². The molecule has 14 heavy (non-hydrogen) atoms. The maximum absolute atomic E-state index is 9.38. The number of nitrogens with zero attached hydrogens (tertiary/aromatic N) is 1. The van der Waals surface area contributed by atoms with Crippen LogP contribution in [-0.4, -0.2) is 10.1 Å². The summed E-state index contributed by atoms with van der Waals surface area (Å²) in [5.41, 5.74) is 0.600. The topological polar surface area (TPSA) is 46.3 Å². The number of furan rings is 1. The summed E-state index contributed by atoms with van der Waals surface area (Å²) >= 11 is 0. The van der Waals surface area contributed by atoms with E-state index in [-0.39, 0.29) is 5.75 Å². The van der Waals surface area contributed by atoms with E-state index in [0.717, 1.165) is 16.2 Å². The average Bonchev–Trinajstić information content (AvgIpc) is 2.65. The molecule has 2 aromatic heterocycles. The first-order valence-electron chi connectivity index (χ1n) is 4.29. The van der Waals surface area contributed by atoms with Gasteiger partial charge in [0.15, 0.2) is 0 Å². The molecule has 1 aromatic carbocycles. The molecule has 1 N–H and O–H groups in total. The predicted molar refractivity (Wildman–Crippen MR) is 53.2 cm³/mol. The van der Waals surface area contributed by atoms with Crippen molar-refractivity contribution in [1.82, 2.24) is 4.98 Å². The molecule has 0 aliphatic heterocycles. The third-order valence-electron chi connectivity index (χ3n) is 2.29. The molecule has 0 atom stereocenters. The number of benzene rings is 1. The molecule has 0 aliphatic rings. The maximum Gasteiger partial charge on any atom is 0.226 e. The fourth-order valence-electron chi connectivity index (χ4n) is 1.62. The van der Waals surface area contributed by atoms with Crippen LogP contribution in [0.2, 0.25) is 0 Å². The molecule has 0 unspecified atom stereocenters. The van der Waals surface area contributed by atoms with E-state index in [1.54, 1.807) is 24.6 Å². The lowest BCUT2D eigenvalue weighted by Gasteiger charge is -1.98. The smallest absolute Gasteiger partial charge is 0.226 e. The van der Waals surface area contributed by atoms with Crippen molar-refractivity contribution in [3.63, 3.8) is 0 Å². The van der Waals surface area contributed by atoms with Crippen molar-refractivity contribution < 1.29 is 9.52 Å². The summed E-state index contributed by atoms with van der Waals surface area (Å²) in [5, 5.41) is 12.3. The van der Waals surface area contributed by atoms with Crippen LogP contribution in [0.15, 0.2) is 41.1 Å². The molecule has 0 amide bonds. The van der Waals surface area contributed by atoms with E-state index in [0.29, 0.717) is 5.71 Å². The van der Waals surface area contributed by atoms with Crippen LogP contribution in [0.3, 0.4) is 0 Å². The van der Waals surface area contributed by atoms with Crippen LogP contribution in [0.25, 0.3) is 21.9 Å². The van der Waals surface area contributed by atoms with Crippen LogP contribution in [-0.2, 0) is 0 Å². The van der Waals surface area contributed by atoms with Gasteiger partial charge in [0, 0.05) is 17.0 Å². The van der Waals surface area contributed by atoms with Gasteiger partial charge in [0.05, 0.1) is 6.26 Å². The molecule has 0 aliphatic carbocycles. The molecule has 3 aromatic rings. The van der Waals surface area contributed by atoms with Crippen molar-refractivity contribution in [3.05, 3.63) is 36.7 Å². The minimum atomic E-state index is 0.256. The number of phenols is 1. The first kappa shape index (κ1) is 7.38. The molecule has 0 radical (unpaired) electrons. The zero-order chi connectivity index (χ0) is 9.54. The van der Waals surface area contributed by atoms with Crippen LogP contribution in [0.4, 0.5) is 0 Å². The van der Waals surface area contributed by atoms with Gasteiger partial charge >= 0.3 is 0 Å². The van der Waals surface area contributed by atoms with Crippen molar-refractivity contribution in [2.24, 2.45) is 0 Å². The van der Waals surface area contributed by atoms with E-state index in [1.807, 2.05) is 12.1 Å². The van der Waals surface area contributed by atoms with Crippen LogP contribution >= 0.6 is 0 Å². The Labute approximate surface area is 79.6 Å². The fourth-order valence-corrected chi connectivity index (χ4v) is 1.62. The quantitative estimate of drug-likeness (QED) is 0.585. The molecule has 0 saturated heterocycles. The number of hydrogen-bond donors (Lipinski definition) is 1. The maximum atomic E-state index is 9.38. The third-order valence-corrected chi connectivity index (χ3v) is 2.29. The van der Waals surface area contributed by atoms with Crippen molar-refractivity contribution in [2.75, 3.05) is 0 Å². The highest BCUT2D eigenvalue weighted by Gasteiger charge is 2.04.